The molecule has 0 heterocycles. The van der Waals surface area contributed by atoms with Crippen molar-refractivity contribution in [3.05, 3.63) is 63.4 Å². The van der Waals surface area contributed by atoms with Crippen LogP contribution in [0.3, 0.4) is 0 Å². The van der Waals surface area contributed by atoms with E-state index in [9.17, 15) is 17.6 Å². The molecule has 116 valence electrons. The Morgan fingerprint density at radius 2 is 1.77 bits per heavy atom. The topological polar surface area (TPSA) is 63.2 Å². The van der Waals surface area contributed by atoms with Crippen molar-refractivity contribution in [3.8, 4) is 0 Å². The Morgan fingerprint density at radius 1 is 1.09 bits per heavy atom. The highest BCUT2D eigenvalue weighted by molar-refractivity contribution is 7.90. The van der Waals surface area contributed by atoms with Gasteiger partial charge in [0.2, 0.25) is 0 Å². The van der Waals surface area contributed by atoms with Gasteiger partial charge in [0, 0.05) is 0 Å². The highest BCUT2D eigenvalue weighted by Crippen LogP contribution is 2.21. The van der Waals surface area contributed by atoms with Gasteiger partial charge in [-0.3, -0.25) is 4.79 Å². The molecule has 8 heteroatoms. The molecule has 2 aromatic rings. The van der Waals surface area contributed by atoms with Gasteiger partial charge in [0.15, 0.2) is 0 Å². The number of hydrogen-bond acceptors (Lipinski definition) is 3. The first-order valence-electron chi connectivity index (χ1n) is 5.99. The van der Waals surface area contributed by atoms with Crippen LogP contribution in [-0.4, -0.2) is 14.3 Å². The Labute approximate surface area is 136 Å². The van der Waals surface area contributed by atoms with E-state index in [2.05, 4.69) is 0 Å². The monoisotopic (exact) mass is 361 g/mol. The van der Waals surface area contributed by atoms with Gasteiger partial charge in [0.05, 0.1) is 20.5 Å². The minimum Gasteiger partial charge on any atom is -0.268 e. The summed E-state index contributed by atoms with van der Waals surface area (Å²) >= 11 is 11.5. The van der Waals surface area contributed by atoms with Gasteiger partial charge in [-0.1, -0.05) is 29.3 Å². The molecule has 0 saturated carbocycles. The Balaban J connectivity index is 2.31. The number of hydrogen-bond donors (Lipinski definition) is 1. The lowest BCUT2D eigenvalue weighted by Crippen LogP contribution is -2.30. The molecule has 1 N–H and O–H groups in total. The van der Waals surface area contributed by atoms with Crippen molar-refractivity contribution >= 4 is 39.1 Å². The van der Waals surface area contributed by atoms with Gasteiger partial charge in [-0.2, -0.15) is 0 Å². The number of rotatable bonds is 3. The second-order valence-electron chi connectivity index (χ2n) is 4.49. The van der Waals surface area contributed by atoms with Crippen molar-refractivity contribution in [2.75, 3.05) is 0 Å². The number of amides is 1. The molecule has 0 unspecified atom stereocenters. The van der Waals surface area contributed by atoms with Crippen LogP contribution in [0, 0.1) is 12.7 Å². The van der Waals surface area contributed by atoms with Gasteiger partial charge >= 0.3 is 0 Å². The van der Waals surface area contributed by atoms with Crippen LogP contribution in [-0.2, 0) is 10.0 Å². The Hall–Kier alpha value is -1.63. The van der Waals surface area contributed by atoms with Crippen LogP contribution in [0.2, 0.25) is 10.0 Å². The molecule has 0 spiro atoms. The average Bonchev–Trinajstić information content (AvgIpc) is 2.40. The first kappa shape index (κ1) is 16.7. The van der Waals surface area contributed by atoms with E-state index >= 15 is 0 Å². The van der Waals surface area contributed by atoms with Gasteiger partial charge in [-0.05, 0) is 42.8 Å². The number of benzene rings is 2. The van der Waals surface area contributed by atoms with Crippen molar-refractivity contribution in [2.45, 2.75) is 11.8 Å². The molecule has 2 aromatic carbocycles. The summed E-state index contributed by atoms with van der Waals surface area (Å²) in [7, 11) is -4.18. The highest BCUT2D eigenvalue weighted by atomic mass is 35.5. The molecule has 0 aromatic heterocycles. The smallest absolute Gasteiger partial charge is 0.266 e. The van der Waals surface area contributed by atoms with Crippen LogP contribution >= 0.6 is 23.2 Å². The Kier molecular flexibility index (Phi) is 4.75. The van der Waals surface area contributed by atoms with Gasteiger partial charge in [-0.15, -0.1) is 0 Å². The summed E-state index contributed by atoms with van der Waals surface area (Å²) in [6.45, 7) is 1.78. The summed E-state index contributed by atoms with van der Waals surface area (Å²) in [6, 6.07) is 7.41. The molecule has 22 heavy (non-hydrogen) atoms. The predicted octanol–water partition coefficient (Wildman–Crippen LogP) is 3.56. The third-order valence-electron chi connectivity index (χ3n) is 2.80. The standard InChI is InChI=1S/C14H10Cl2FNO3S/c1-8-2-4-10(11(15)6-8)14(19)18-22(20,21)9-3-5-13(17)12(16)7-9/h2-7H,1H3,(H,18,19). The number of carbonyl (C=O) groups excluding carboxylic acids is 1. The predicted molar refractivity (Wildman–Crippen MR) is 82.3 cm³/mol. The summed E-state index contributed by atoms with van der Waals surface area (Å²) in [5.41, 5.74) is 0.846. The molecule has 0 aliphatic heterocycles. The molecule has 0 radical (unpaired) electrons. The van der Waals surface area contributed by atoms with E-state index in [0.717, 1.165) is 23.8 Å². The largest absolute Gasteiger partial charge is 0.268 e. The lowest BCUT2D eigenvalue weighted by Gasteiger charge is -2.09. The number of carbonyl (C=O) groups is 1. The maximum atomic E-state index is 13.1. The number of halogens is 3. The number of aryl methyl sites for hydroxylation is 1. The normalized spacial score (nSPS) is 11.3. The summed E-state index contributed by atoms with van der Waals surface area (Å²) in [6.07, 6.45) is 0. The molecule has 0 bridgehead atoms. The fourth-order valence-electron chi connectivity index (χ4n) is 1.68. The van der Waals surface area contributed by atoms with Gasteiger partial charge in [0.25, 0.3) is 15.9 Å². The first-order valence-corrected chi connectivity index (χ1v) is 8.23. The van der Waals surface area contributed by atoms with Crippen LogP contribution < -0.4 is 4.72 Å². The lowest BCUT2D eigenvalue weighted by molar-refractivity contribution is 0.0981. The van der Waals surface area contributed by atoms with Crippen LogP contribution in [0.4, 0.5) is 4.39 Å². The van der Waals surface area contributed by atoms with Crippen LogP contribution in [0.1, 0.15) is 15.9 Å². The molecule has 2 rings (SSSR count). The third kappa shape index (κ3) is 3.58. The van der Waals surface area contributed by atoms with Gasteiger partial charge in [-0.25, -0.2) is 17.5 Å². The maximum absolute atomic E-state index is 13.1. The highest BCUT2D eigenvalue weighted by Gasteiger charge is 2.21. The molecular formula is C14H10Cl2FNO3S. The second-order valence-corrected chi connectivity index (χ2v) is 6.99. The zero-order chi connectivity index (χ0) is 16.5. The molecule has 1 amide bonds. The maximum Gasteiger partial charge on any atom is 0.266 e. The summed E-state index contributed by atoms with van der Waals surface area (Å²) in [5, 5.41) is -0.228. The van der Waals surface area contributed by atoms with Crippen molar-refractivity contribution in [1.82, 2.24) is 4.72 Å². The SMILES string of the molecule is Cc1ccc(C(=O)NS(=O)(=O)c2ccc(F)c(Cl)c2)c(Cl)c1. The molecule has 4 nitrogen and oxygen atoms in total. The Morgan fingerprint density at radius 3 is 2.36 bits per heavy atom. The van der Waals surface area contributed by atoms with Gasteiger partial charge < -0.3 is 0 Å². The summed E-state index contributed by atoms with van der Waals surface area (Å²) < 4.78 is 39.1. The van der Waals surface area contributed by atoms with Gasteiger partial charge in [0.1, 0.15) is 5.82 Å². The number of sulfonamides is 1. The third-order valence-corrected chi connectivity index (χ3v) is 4.73. The second kappa shape index (κ2) is 6.24. The van der Waals surface area contributed by atoms with E-state index in [0.29, 0.717) is 0 Å². The van der Waals surface area contributed by atoms with E-state index < -0.39 is 21.7 Å². The molecular weight excluding hydrogens is 352 g/mol. The molecule has 0 aliphatic carbocycles. The van der Waals surface area contributed by atoms with Crippen LogP contribution in [0.5, 0.6) is 0 Å². The molecule has 0 fully saturated rings. The molecule has 0 saturated heterocycles. The lowest BCUT2D eigenvalue weighted by atomic mass is 10.1. The summed E-state index contributed by atoms with van der Waals surface area (Å²) in [4.78, 5) is 11.7. The van der Waals surface area contributed by atoms with E-state index in [1.54, 1.807) is 13.0 Å². The van der Waals surface area contributed by atoms with E-state index in [1.165, 1.54) is 12.1 Å². The van der Waals surface area contributed by atoms with Crippen molar-refractivity contribution < 1.29 is 17.6 Å². The first-order chi connectivity index (χ1) is 10.2. The minimum atomic E-state index is -4.18. The average molecular weight is 362 g/mol. The fourth-order valence-corrected chi connectivity index (χ4v) is 3.24. The van der Waals surface area contributed by atoms with Crippen molar-refractivity contribution in [2.24, 2.45) is 0 Å². The molecule has 0 atom stereocenters. The zero-order valence-electron chi connectivity index (χ0n) is 11.2. The summed E-state index contributed by atoms with van der Waals surface area (Å²) in [5.74, 6) is -1.64. The number of nitrogens with one attached hydrogen (secondary N) is 1. The van der Waals surface area contributed by atoms with Crippen molar-refractivity contribution in [3.63, 3.8) is 0 Å². The quantitative estimate of drug-likeness (QED) is 0.908. The molecule has 0 aliphatic rings. The van der Waals surface area contributed by atoms with Crippen LogP contribution in [0.15, 0.2) is 41.3 Å². The van der Waals surface area contributed by atoms with E-state index in [4.69, 9.17) is 23.2 Å². The fraction of sp³-hybridized carbons (Fsp3) is 0.0714. The zero-order valence-corrected chi connectivity index (χ0v) is 13.6. The van der Waals surface area contributed by atoms with E-state index in [1.807, 2.05) is 4.72 Å². The minimum absolute atomic E-state index is 0.0176. The Bertz CT molecular complexity index is 853. The van der Waals surface area contributed by atoms with E-state index in [-0.39, 0.29) is 20.5 Å². The van der Waals surface area contributed by atoms with Crippen LogP contribution in [0.25, 0.3) is 0 Å². The van der Waals surface area contributed by atoms with Crippen molar-refractivity contribution in [1.29, 1.82) is 0 Å².